The minimum atomic E-state index is 0.689. The quantitative estimate of drug-likeness (QED) is 0.806. The summed E-state index contributed by atoms with van der Waals surface area (Å²) >= 11 is 0. The summed E-state index contributed by atoms with van der Waals surface area (Å²) in [6.45, 7) is 8.83. The summed E-state index contributed by atoms with van der Waals surface area (Å²) in [5.41, 5.74) is 5.31. The molecular weight excluding hydrogens is 246 g/mol. The van der Waals surface area contributed by atoms with Crippen molar-refractivity contribution >= 4 is 0 Å². The predicted molar refractivity (Wildman–Crippen MR) is 84.3 cm³/mol. The lowest BCUT2D eigenvalue weighted by Crippen LogP contribution is -2.21. The lowest BCUT2D eigenvalue weighted by molar-refractivity contribution is 0.313. The van der Waals surface area contributed by atoms with Gasteiger partial charge in [0.15, 0.2) is 0 Å². The lowest BCUT2D eigenvalue weighted by Gasteiger charge is -2.11. The average molecular weight is 269 g/mol. The van der Waals surface area contributed by atoms with Crippen molar-refractivity contribution in [3.8, 4) is 5.75 Å². The molecule has 2 aromatic carbocycles. The third-order valence-electron chi connectivity index (χ3n) is 3.57. The molecule has 0 aliphatic carbocycles. The molecule has 20 heavy (non-hydrogen) atoms. The molecule has 0 saturated heterocycles. The van der Waals surface area contributed by atoms with Gasteiger partial charge in [-0.2, -0.15) is 0 Å². The minimum absolute atomic E-state index is 0.689. The Balaban J connectivity index is 1.73. The molecule has 0 fully saturated rings. The van der Waals surface area contributed by atoms with Crippen molar-refractivity contribution in [3.05, 3.63) is 64.7 Å². The Bertz CT molecular complexity index is 563. The zero-order valence-corrected chi connectivity index (χ0v) is 12.6. The van der Waals surface area contributed by atoms with Gasteiger partial charge in [0.2, 0.25) is 0 Å². The smallest absolute Gasteiger partial charge is 0.119 e. The van der Waals surface area contributed by atoms with Gasteiger partial charge in [0.05, 0.1) is 0 Å². The number of ether oxygens (including phenoxy) is 1. The molecule has 1 N–H and O–H groups in total. The van der Waals surface area contributed by atoms with Crippen LogP contribution < -0.4 is 10.1 Å². The Hall–Kier alpha value is -1.80. The van der Waals surface area contributed by atoms with E-state index in [9.17, 15) is 0 Å². The maximum Gasteiger partial charge on any atom is 0.119 e. The lowest BCUT2D eigenvalue weighted by atomic mass is 10.0. The van der Waals surface area contributed by atoms with Gasteiger partial charge in [-0.25, -0.2) is 0 Å². The van der Waals surface area contributed by atoms with E-state index in [1.807, 2.05) is 12.1 Å². The first-order valence-corrected chi connectivity index (χ1v) is 7.12. The van der Waals surface area contributed by atoms with Crippen LogP contribution in [0.25, 0.3) is 0 Å². The molecule has 2 aromatic rings. The Morgan fingerprint density at radius 2 is 1.80 bits per heavy atom. The van der Waals surface area contributed by atoms with E-state index in [0.29, 0.717) is 6.61 Å². The van der Waals surface area contributed by atoms with Crippen molar-refractivity contribution in [1.29, 1.82) is 0 Å². The third-order valence-corrected chi connectivity index (χ3v) is 3.57. The molecule has 0 radical (unpaired) electrons. The Morgan fingerprint density at radius 1 is 1.00 bits per heavy atom. The maximum absolute atomic E-state index is 5.72. The molecule has 0 aliphatic heterocycles. The Kier molecular flexibility index (Phi) is 5.19. The van der Waals surface area contributed by atoms with Crippen LogP contribution in [0.5, 0.6) is 5.75 Å². The highest BCUT2D eigenvalue weighted by atomic mass is 16.5. The van der Waals surface area contributed by atoms with Crippen LogP contribution in [0.3, 0.4) is 0 Å². The first kappa shape index (κ1) is 14.6. The summed E-state index contributed by atoms with van der Waals surface area (Å²) in [7, 11) is 0. The second-order valence-electron chi connectivity index (χ2n) is 5.20. The van der Waals surface area contributed by atoms with Crippen LogP contribution in [0.1, 0.15) is 22.3 Å². The second-order valence-corrected chi connectivity index (χ2v) is 5.20. The van der Waals surface area contributed by atoms with Crippen LogP contribution in [0.2, 0.25) is 0 Å². The van der Waals surface area contributed by atoms with Crippen molar-refractivity contribution in [2.45, 2.75) is 27.3 Å². The molecule has 2 rings (SSSR count). The van der Waals surface area contributed by atoms with Crippen molar-refractivity contribution in [3.63, 3.8) is 0 Å². The summed E-state index contributed by atoms with van der Waals surface area (Å²) in [6, 6.07) is 14.6. The van der Waals surface area contributed by atoms with Gasteiger partial charge in [-0.15, -0.1) is 0 Å². The summed E-state index contributed by atoms with van der Waals surface area (Å²) in [5.74, 6) is 0.943. The van der Waals surface area contributed by atoms with Crippen LogP contribution in [0.4, 0.5) is 0 Å². The molecule has 0 heterocycles. The van der Waals surface area contributed by atoms with Crippen molar-refractivity contribution in [1.82, 2.24) is 5.32 Å². The Labute approximate surface area is 121 Å². The zero-order chi connectivity index (χ0) is 14.4. The molecule has 0 amide bonds. The molecule has 2 heteroatoms. The molecule has 0 unspecified atom stereocenters. The van der Waals surface area contributed by atoms with Crippen LogP contribution in [0.15, 0.2) is 42.5 Å². The number of rotatable bonds is 6. The largest absolute Gasteiger partial charge is 0.492 e. The van der Waals surface area contributed by atoms with Crippen LogP contribution in [-0.2, 0) is 6.54 Å². The number of hydrogen-bond donors (Lipinski definition) is 1. The highest BCUT2D eigenvalue weighted by molar-refractivity contribution is 5.33. The van der Waals surface area contributed by atoms with E-state index < -0.39 is 0 Å². The first-order chi connectivity index (χ1) is 9.66. The van der Waals surface area contributed by atoms with E-state index in [1.165, 1.54) is 22.3 Å². The van der Waals surface area contributed by atoms with Crippen molar-refractivity contribution in [2.75, 3.05) is 13.2 Å². The monoisotopic (exact) mass is 269 g/mol. The van der Waals surface area contributed by atoms with E-state index in [4.69, 9.17) is 4.74 Å². The molecule has 0 aliphatic rings. The molecule has 106 valence electrons. The van der Waals surface area contributed by atoms with E-state index in [1.54, 1.807) is 0 Å². The highest BCUT2D eigenvalue weighted by Gasteiger charge is 2.00. The molecule has 2 nitrogen and oxygen atoms in total. The predicted octanol–water partition coefficient (Wildman–Crippen LogP) is 3.78. The van der Waals surface area contributed by atoms with Crippen molar-refractivity contribution in [2.24, 2.45) is 0 Å². The maximum atomic E-state index is 5.72. The molecule has 0 bridgehead atoms. The van der Waals surface area contributed by atoms with Gasteiger partial charge in [-0.3, -0.25) is 0 Å². The van der Waals surface area contributed by atoms with Gasteiger partial charge in [0.1, 0.15) is 12.4 Å². The fourth-order valence-corrected chi connectivity index (χ4v) is 2.17. The van der Waals surface area contributed by atoms with Crippen LogP contribution >= 0.6 is 0 Å². The summed E-state index contributed by atoms with van der Waals surface area (Å²) in [5, 5.41) is 3.43. The van der Waals surface area contributed by atoms with E-state index in [-0.39, 0.29) is 0 Å². The first-order valence-electron chi connectivity index (χ1n) is 7.12. The fraction of sp³-hybridized carbons (Fsp3) is 0.333. The van der Waals surface area contributed by atoms with Crippen LogP contribution in [0, 0.1) is 20.8 Å². The fourth-order valence-electron chi connectivity index (χ4n) is 2.17. The van der Waals surface area contributed by atoms with Crippen molar-refractivity contribution < 1.29 is 4.74 Å². The van der Waals surface area contributed by atoms with Gasteiger partial charge in [-0.05, 0) is 55.2 Å². The summed E-state index contributed by atoms with van der Waals surface area (Å²) < 4.78 is 5.72. The van der Waals surface area contributed by atoms with E-state index in [0.717, 1.165) is 18.8 Å². The van der Waals surface area contributed by atoms with Gasteiger partial charge in [0, 0.05) is 13.1 Å². The van der Waals surface area contributed by atoms with Gasteiger partial charge in [0.25, 0.3) is 0 Å². The van der Waals surface area contributed by atoms with Gasteiger partial charge < -0.3 is 10.1 Å². The standard InChI is InChI=1S/C18H23NO/c1-14-6-4-9-18(12-14)20-11-10-19-13-17-8-5-7-15(2)16(17)3/h4-9,12,19H,10-11,13H2,1-3H3. The SMILES string of the molecule is Cc1cccc(OCCNCc2cccc(C)c2C)c1. The van der Waals surface area contributed by atoms with E-state index in [2.05, 4.69) is 56.4 Å². The third kappa shape index (κ3) is 4.10. The number of benzene rings is 2. The van der Waals surface area contributed by atoms with Gasteiger partial charge >= 0.3 is 0 Å². The summed E-state index contributed by atoms with van der Waals surface area (Å²) in [4.78, 5) is 0. The molecule has 0 saturated carbocycles. The molecule has 0 aromatic heterocycles. The summed E-state index contributed by atoms with van der Waals surface area (Å²) in [6.07, 6.45) is 0. The number of aryl methyl sites for hydroxylation is 2. The molecular formula is C18H23NO. The Morgan fingerprint density at radius 3 is 2.60 bits per heavy atom. The molecule has 0 atom stereocenters. The second kappa shape index (κ2) is 7.11. The number of hydrogen-bond acceptors (Lipinski definition) is 2. The normalized spacial score (nSPS) is 10.6. The van der Waals surface area contributed by atoms with Gasteiger partial charge in [-0.1, -0.05) is 30.3 Å². The topological polar surface area (TPSA) is 21.3 Å². The molecule has 0 spiro atoms. The van der Waals surface area contributed by atoms with E-state index >= 15 is 0 Å². The highest BCUT2D eigenvalue weighted by Crippen LogP contribution is 2.13. The van der Waals surface area contributed by atoms with Crippen LogP contribution in [-0.4, -0.2) is 13.2 Å². The minimum Gasteiger partial charge on any atom is -0.492 e. The zero-order valence-electron chi connectivity index (χ0n) is 12.6. The average Bonchev–Trinajstić information content (AvgIpc) is 2.43. The number of nitrogens with one attached hydrogen (secondary N) is 1.